The second-order valence-electron chi connectivity index (χ2n) is 8.63. The third-order valence-electron chi connectivity index (χ3n) is 4.36. The van der Waals surface area contributed by atoms with E-state index in [1.807, 2.05) is 27.7 Å². The van der Waals surface area contributed by atoms with Crippen molar-refractivity contribution in [3.8, 4) is 0 Å². The van der Waals surface area contributed by atoms with E-state index in [0.717, 1.165) is 12.8 Å². The summed E-state index contributed by atoms with van der Waals surface area (Å²) >= 11 is 0. The third kappa shape index (κ3) is 19.7. The molecule has 0 saturated carbocycles. The Kier molecular flexibility index (Phi) is 16.2. The fourth-order valence-electron chi connectivity index (χ4n) is 2.73. The first-order valence-corrected chi connectivity index (χ1v) is 11.2. The Balaban J connectivity index is 3.50. The van der Waals surface area contributed by atoms with Crippen molar-refractivity contribution in [2.45, 2.75) is 123 Å². The van der Waals surface area contributed by atoms with Crippen LogP contribution < -0.4 is 0 Å². The van der Waals surface area contributed by atoms with E-state index >= 15 is 0 Å². The normalized spacial score (nSPS) is 12.6. The molecule has 0 aromatic carbocycles. The second-order valence-corrected chi connectivity index (χ2v) is 8.63. The van der Waals surface area contributed by atoms with E-state index in [2.05, 4.69) is 6.92 Å². The van der Waals surface area contributed by atoms with Gasteiger partial charge in [-0.15, -0.1) is 0 Å². The molecule has 1 atom stereocenters. The van der Waals surface area contributed by atoms with Crippen LogP contribution in [0.15, 0.2) is 0 Å². The molecule has 0 heterocycles. The topological polar surface area (TPSA) is 61.8 Å². The zero-order chi connectivity index (χ0) is 21.3. The summed E-state index contributed by atoms with van der Waals surface area (Å²) in [5.41, 5.74) is -0.251. The van der Waals surface area contributed by atoms with Crippen LogP contribution in [0.25, 0.3) is 0 Å². The Morgan fingerprint density at radius 1 is 0.786 bits per heavy atom. The Bertz CT molecular complexity index is 400. The lowest BCUT2D eigenvalue weighted by Crippen LogP contribution is -2.27. The number of ether oxygens (including phenoxy) is 3. The van der Waals surface area contributed by atoms with Crippen molar-refractivity contribution in [1.29, 1.82) is 0 Å². The van der Waals surface area contributed by atoms with Crippen LogP contribution in [0.2, 0.25) is 0 Å². The largest absolute Gasteiger partial charge is 0.466 e. The van der Waals surface area contributed by atoms with Crippen LogP contribution >= 0.6 is 0 Å². The van der Waals surface area contributed by atoms with Gasteiger partial charge in [0.15, 0.2) is 0 Å². The molecule has 0 rings (SSSR count). The summed E-state index contributed by atoms with van der Waals surface area (Å²) in [6.45, 7) is 10.8. The van der Waals surface area contributed by atoms with E-state index < -0.39 is 0 Å². The first-order chi connectivity index (χ1) is 13.2. The molecule has 0 radical (unpaired) electrons. The number of rotatable bonds is 17. The van der Waals surface area contributed by atoms with Gasteiger partial charge in [0.25, 0.3) is 0 Å². The van der Waals surface area contributed by atoms with Gasteiger partial charge in [0, 0.05) is 12.8 Å². The number of unbranched alkanes of at least 4 members (excludes halogenated alkanes) is 8. The molecule has 166 valence electrons. The van der Waals surface area contributed by atoms with Gasteiger partial charge in [-0.05, 0) is 40.5 Å². The Labute approximate surface area is 172 Å². The molecule has 0 spiro atoms. The van der Waals surface area contributed by atoms with Crippen LogP contribution in [0.1, 0.15) is 112 Å². The molecule has 5 nitrogen and oxygen atoms in total. The minimum atomic E-state index is -0.295. The summed E-state index contributed by atoms with van der Waals surface area (Å²) < 4.78 is 16.1. The molecule has 0 fully saturated rings. The molecule has 5 heteroatoms. The lowest BCUT2D eigenvalue weighted by molar-refractivity contribution is -0.154. The summed E-state index contributed by atoms with van der Waals surface area (Å²) in [5.74, 6) is -0.520. The highest BCUT2D eigenvalue weighted by Crippen LogP contribution is 2.11. The van der Waals surface area contributed by atoms with Crippen molar-refractivity contribution in [1.82, 2.24) is 0 Å². The Morgan fingerprint density at radius 2 is 1.32 bits per heavy atom. The highest BCUT2D eigenvalue weighted by atomic mass is 16.6. The zero-order valence-corrected chi connectivity index (χ0v) is 19.0. The standard InChI is InChI=1S/C23H44O5/c1-6-7-8-9-10-11-12-13-14-18-26-21(24)16-15-17-22(25)28-20(2)19-27-23(3,4)5/h20H,6-19H2,1-5H3. The minimum absolute atomic E-state index is 0.225. The van der Waals surface area contributed by atoms with Gasteiger partial charge in [0.05, 0.1) is 18.8 Å². The molecule has 28 heavy (non-hydrogen) atoms. The van der Waals surface area contributed by atoms with Crippen molar-refractivity contribution in [2.24, 2.45) is 0 Å². The van der Waals surface area contributed by atoms with E-state index in [4.69, 9.17) is 14.2 Å². The highest BCUT2D eigenvalue weighted by Gasteiger charge is 2.15. The van der Waals surface area contributed by atoms with Crippen LogP contribution in [0.3, 0.4) is 0 Å². The van der Waals surface area contributed by atoms with Gasteiger partial charge < -0.3 is 14.2 Å². The van der Waals surface area contributed by atoms with Gasteiger partial charge in [-0.2, -0.15) is 0 Å². The Morgan fingerprint density at radius 3 is 1.89 bits per heavy atom. The predicted octanol–water partition coefficient (Wildman–Crippen LogP) is 5.98. The molecule has 1 unspecified atom stereocenters. The van der Waals surface area contributed by atoms with Crippen molar-refractivity contribution in [3.63, 3.8) is 0 Å². The molecule has 0 amide bonds. The first-order valence-electron chi connectivity index (χ1n) is 11.2. The minimum Gasteiger partial charge on any atom is -0.466 e. The monoisotopic (exact) mass is 400 g/mol. The van der Waals surface area contributed by atoms with Crippen LogP contribution in [-0.2, 0) is 23.8 Å². The fourth-order valence-corrected chi connectivity index (χ4v) is 2.73. The lowest BCUT2D eigenvalue weighted by Gasteiger charge is -2.22. The molecule has 0 aliphatic heterocycles. The maximum absolute atomic E-state index is 11.8. The van der Waals surface area contributed by atoms with Gasteiger partial charge in [-0.25, -0.2) is 0 Å². The van der Waals surface area contributed by atoms with E-state index in [0.29, 0.717) is 19.6 Å². The molecule has 0 aliphatic rings. The van der Waals surface area contributed by atoms with Crippen LogP contribution in [0.5, 0.6) is 0 Å². The van der Waals surface area contributed by atoms with E-state index in [-0.39, 0.29) is 36.5 Å². The average Bonchev–Trinajstić information content (AvgIpc) is 2.61. The molecule has 0 N–H and O–H groups in total. The molecular weight excluding hydrogens is 356 g/mol. The third-order valence-corrected chi connectivity index (χ3v) is 4.36. The molecule has 0 aliphatic carbocycles. The Hall–Kier alpha value is -1.10. The number of esters is 2. The smallest absolute Gasteiger partial charge is 0.306 e. The highest BCUT2D eigenvalue weighted by molar-refractivity contribution is 5.72. The van der Waals surface area contributed by atoms with E-state index in [1.165, 1.54) is 44.9 Å². The molecule has 0 saturated heterocycles. The zero-order valence-electron chi connectivity index (χ0n) is 19.0. The van der Waals surface area contributed by atoms with Crippen molar-refractivity contribution >= 4 is 11.9 Å². The van der Waals surface area contributed by atoms with Gasteiger partial charge in [-0.1, -0.05) is 58.3 Å². The summed E-state index contributed by atoms with van der Waals surface area (Å²) in [5, 5.41) is 0. The van der Waals surface area contributed by atoms with Gasteiger partial charge in [0.1, 0.15) is 6.10 Å². The molecule has 0 aromatic heterocycles. The fraction of sp³-hybridized carbons (Fsp3) is 0.913. The van der Waals surface area contributed by atoms with Crippen molar-refractivity contribution in [3.05, 3.63) is 0 Å². The molecular formula is C23H44O5. The maximum Gasteiger partial charge on any atom is 0.306 e. The SMILES string of the molecule is CCCCCCCCCCCOC(=O)CCCC(=O)OC(C)COC(C)(C)C. The summed E-state index contributed by atoms with van der Waals surface area (Å²) in [4.78, 5) is 23.5. The second kappa shape index (κ2) is 16.8. The number of carbonyl (C=O) groups excluding carboxylic acids is 2. The number of carbonyl (C=O) groups is 2. The summed E-state index contributed by atoms with van der Waals surface area (Å²) in [7, 11) is 0. The quantitative estimate of drug-likeness (QED) is 0.222. The van der Waals surface area contributed by atoms with Gasteiger partial charge >= 0.3 is 11.9 Å². The van der Waals surface area contributed by atoms with Crippen molar-refractivity contribution < 1.29 is 23.8 Å². The van der Waals surface area contributed by atoms with Gasteiger partial charge in [0.2, 0.25) is 0 Å². The summed E-state index contributed by atoms with van der Waals surface area (Å²) in [6, 6.07) is 0. The van der Waals surface area contributed by atoms with E-state index in [1.54, 1.807) is 0 Å². The van der Waals surface area contributed by atoms with Crippen LogP contribution in [0, 0.1) is 0 Å². The van der Waals surface area contributed by atoms with Crippen molar-refractivity contribution in [2.75, 3.05) is 13.2 Å². The van der Waals surface area contributed by atoms with E-state index in [9.17, 15) is 9.59 Å². The lowest BCUT2D eigenvalue weighted by atomic mass is 10.1. The number of hydrogen-bond donors (Lipinski definition) is 0. The van der Waals surface area contributed by atoms with Crippen LogP contribution in [-0.4, -0.2) is 36.9 Å². The summed E-state index contributed by atoms with van der Waals surface area (Å²) in [6.07, 6.45) is 11.8. The predicted molar refractivity (Wildman–Crippen MR) is 113 cm³/mol. The molecule has 0 bridgehead atoms. The van der Waals surface area contributed by atoms with Gasteiger partial charge in [-0.3, -0.25) is 9.59 Å². The average molecular weight is 401 g/mol. The number of hydrogen-bond acceptors (Lipinski definition) is 5. The van der Waals surface area contributed by atoms with Crippen LogP contribution in [0.4, 0.5) is 0 Å². The maximum atomic E-state index is 11.8. The first kappa shape index (κ1) is 26.9. The molecule has 0 aromatic rings.